The summed E-state index contributed by atoms with van der Waals surface area (Å²) in [6, 6.07) is 0.951. The molecule has 0 saturated carbocycles. The predicted octanol–water partition coefficient (Wildman–Crippen LogP) is 0.448. The Labute approximate surface area is 104 Å². The lowest BCUT2D eigenvalue weighted by Gasteiger charge is -2.04. The second kappa shape index (κ2) is 4.58. The van der Waals surface area contributed by atoms with E-state index < -0.39 is 47.8 Å². The molecule has 1 aromatic rings. The summed E-state index contributed by atoms with van der Waals surface area (Å²) in [5, 5.41) is 30.0. The van der Waals surface area contributed by atoms with Gasteiger partial charge in [-0.15, -0.1) is 0 Å². The SMILES string of the molecule is O=C(O)c1ccc([N+](=O)[O-])c([N+](=O)[O-])c1S(=O)(=O)O. The predicted molar refractivity (Wildman–Crippen MR) is 56.5 cm³/mol. The van der Waals surface area contributed by atoms with Gasteiger partial charge in [0.1, 0.15) is 0 Å². The molecule has 0 aliphatic rings. The minimum atomic E-state index is -5.34. The highest BCUT2D eigenvalue weighted by molar-refractivity contribution is 7.86. The lowest BCUT2D eigenvalue weighted by Crippen LogP contribution is -2.12. The van der Waals surface area contributed by atoms with E-state index in [-0.39, 0.29) is 0 Å². The van der Waals surface area contributed by atoms with Crippen molar-refractivity contribution < 1.29 is 32.7 Å². The topological polar surface area (TPSA) is 178 Å². The van der Waals surface area contributed by atoms with Gasteiger partial charge in [0.2, 0.25) is 0 Å². The van der Waals surface area contributed by atoms with Gasteiger partial charge in [0, 0.05) is 6.07 Å². The number of aromatic carboxylic acids is 1. The Kier molecular flexibility index (Phi) is 3.49. The number of rotatable bonds is 4. The van der Waals surface area contributed by atoms with Crippen molar-refractivity contribution >= 4 is 27.5 Å². The van der Waals surface area contributed by atoms with Gasteiger partial charge in [-0.1, -0.05) is 0 Å². The molecule has 0 radical (unpaired) electrons. The maximum Gasteiger partial charge on any atom is 0.367 e. The van der Waals surface area contributed by atoms with E-state index >= 15 is 0 Å². The van der Waals surface area contributed by atoms with E-state index in [2.05, 4.69) is 0 Å². The first kappa shape index (κ1) is 14.5. The molecule has 1 aromatic carbocycles. The van der Waals surface area contributed by atoms with Crippen molar-refractivity contribution in [3.8, 4) is 0 Å². The van der Waals surface area contributed by atoms with Gasteiger partial charge < -0.3 is 5.11 Å². The third-order valence-electron chi connectivity index (χ3n) is 1.98. The van der Waals surface area contributed by atoms with Gasteiger partial charge in [0.25, 0.3) is 0 Å². The first-order valence-corrected chi connectivity index (χ1v) is 5.68. The number of hydrogen-bond acceptors (Lipinski definition) is 7. The van der Waals surface area contributed by atoms with E-state index in [1.54, 1.807) is 0 Å². The summed E-state index contributed by atoms with van der Waals surface area (Å²) < 4.78 is 30.9. The standard InChI is InChI=1S/C7H4N2O9S/c10-7(11)3-1-2-4(8(12)13)5(9(14)15)6(3)19(16,17)18/h1-2H,(H,10,11)(H,16,17,18). The van der Waals surface area contributed by atoms with E-state index in [4.69, 9.17) is 9.66 Å². The van der Waals surface area contributed by atoms with Gasteiger partial charge in [-0.25, -0.2) is 4.79 Å². The van der Waals surface area contributed by atoms with Crippen LogP contribution in [-0.2, 0) is 10.1 Å². The molecule has 0 unspecified atom stereocenters. The van der Waals surface area contributed by atoms with E-state index in [0.29, 0.717) is 12.1 Å². The first-order chi connectivity index (χ1) is 8.57. The van der Waals surface area contributed by atoms with Crippen LogP contribution in [0.25, 0.3) is 0 Å². The molecule has 11 nitrogen and oxygen atoms in total. The van der Waals surface area contributed by atoms with E-state index in [1.807, 2.05) is 0 Å². The van der Waals surface area contributed by atoms with Gasteiger partial charge in [0.15, 0.2) is 4.90 Å². The number of hydrogen-bond donors (Lipinski definition) is 2. The van der Waals surface area contributed by atoms with Crippen molar-refractivity contribution in [3.63, 3.8) is 0 Å². The zero-order valence-corrected chi connectivity index (χ0v) is 9.53. The molecular weight excluding hydrogens is 288 g/mol. The quantitative estimate of drug-likeness (QED) is 0.452. The smallest absolute Gasteiger partial charge is 0.367 e. The van der Waals surface area contributed by atoms with Crippen LogP contribution in [0.2, 0.25) is 0 Å². The largest absolute Gasteiger partial charge is 0.478 e. The molecule has 0 fully saturated rings. The third-order valence-corrected chi connectivity index (χ3v) is 2.91. The van der Waals surface area contributed by atoms with Gasteiger partial charge in [-0.05, 0) is 6.07 Å². The summed E-state index contributed by atoms with van der Waals surface area (Å²) in [5.41, 5.74) is -3.99. The zero-order chi connectivity index (χ0) is 15.0. The van der Waals surface area contributed by atoms with E-state index in [9.17, 15) is 33.4 Å². The highest BCUT2D eigenvalue weighted by atomic mass is 32.2. The van der Waals surface area contributed by atoms with E-state index in [0.717, 1.165) is 0 Å². The average Bonchev–Trinajstić information content (AvgIpc) is 2.25. The monoisotopic (exact) mass is 292 g/mol. The molecule has 2 N–H and O–H groups in total. The van der Waals surface area contributed by atoms with Gasteiger partial charge in [-0.2, -0.15) is 8.42 Å². The Morgan fingerprint density at radius 2 is 1.68 bits per heavy atom. The van der Waals surface area contributed by atoms with Crippen LogP contribution in [0.1, 0.15) is 10.4 Å². The molecule has 0 aromatic heterocycles. The molecule has 0 saturated heterocycles. The Bertz CT molecular complexity index is 693. The molecule has 0 spiro atoms. The number of benzene rings is 1. The normalized spacial score (nSPS) is 11.0. The summed E-state index contributed by atoms with van der Waals surface area (Å²) >= 11 is 0. The maximum absolute atomic E-state index is 11.0. The summed E-state index contributed by atoms with van der Waals surface area (Å²) in [7, 11) is -5.34. The molecule has 1 rings (SSSR count). The number of nitro groups is 2. The fourth-order valence-electron chi connectivity index (χ4n) is 1.31. The van der Waals surface area contributed by atoms with Crippen LogP contribution in [0.3, 0.4) is 0 Å². The molecule has 12 heteroatoms. The molecule has 0 aliphatic carbocycles. The lowest BCUT2D eigenvalue weighted by atomic mass is 10.1. The zero-order valence-electron chi connectivity index (χ0n) is 8.71. The molecule has 0 aliphatic heterocycles. The number of carbonyl (C=O) groups is 1. The fourth-order valence-corrected chi connectivity index (χ4v) is 2.17. The van der Waals surface area contributed by atoms with Gasteiger partial charge >= 0.3 is 27.5 Å². The number of nitrogens with zero attached hydrogens (tertiary/aromatic N) is 2. The van der Waals surface area contributed by atoms with Crippen molar-refractivity contribution in [1.82, 2.24) is 0 Å². The van der Waals surface area contributed by atoms with Crippen molar-refractivity contribution in [2.24, 2.45) is 0 Å². The summed E-state index contributed by atoms with van der Waals surface area (Å²) in [6.45, 7) is 0. The molecule has 19 heavy (non-hydrogen) atoms. The second-order valence-electron chi connectivity index (χ2n) is 3.10. The summed E-state index contributed by atoms with van der Waals surface area (Å²) in [5.74, 6) is -1.90. The highest BCUT2D eigenvalue weighted by Crippen LogP contribution is 2.36. The number of carboxylic acids is 1. The van der Waals surface area contributed by atoms with Crippen molar-refractivity contribution in [2.75, 3.05) is 0 Å². The molecule has 102 valence electrons. The molecule has 0 amide bonds. The minimum Gasteiger partial charge on any atom is -0.478 e. The average molecular weight is 292 g/mol. The van der Waals surface area contributed by atoms with Crippen LogP contribution < -0.4 is 0 Å². The van der Waals surface area contributed by atoms with Crippen LogP contribution in [0, 0.1) is 20.2 Å². The van der Waals surface area contributed by atoms with E-state index in [1.165, 1.54) is 0 Å². The lowest BCUT2D eigenvalue weighted by molar-refractivity contribution is -0.424. The first-order valence-electron chi connectivity index (χ1n) is 4.24. The molecule has 0 bridgehead atoms. The van der Waals surface area contributed by atoms with Crippen molar-refractivity contribution in [3.05, 3.63) is 37.9 Å². The number of nitro benzene ring substituents is 2. The fraction of sp³-hybridized carbons (Fsp3) is 0. The van der Waals surface area contributed by atoms with Crippen LogP contribution in [0.4, 0.5) is 11.4 Å². The molecule has 0 atom stereocenters. The van der Waals surface area contributed by atoms with Crippen LogP contribution >= 0.6 is 0 Å². The molecular formula is C7H4N2O9S. The Morgan fingerprint density at radius 3 is 2.00 bits per heavy atom. The Hall–Kier alpha value is -2.60. The van der Waals surface area contributed by atoms with Crippen molar-refractivity contribution in [1.29, 1.82) is 0 Å². The van der Waals surface area contributed by atoms with Crippen LogP contribution in [-0.4, -0.2) is 33.9 Å². The summed E-state index contributed by atoms with van der Waals surface area (Å²) in [6.07, 6.45) is 0. The summed E-state index contributed by atoms with van der Waals surface area (Å²) in [4.78, 5) is 27.7. The Morgan fingerprint density at radius 1 is 1.16 bits per heavy atom. The maximum atomic E-state index is 11.0. The Balaban J connectivity index is 4.00. The van der Waals surface area contributed by atoms with Gasteiger partial charge in [0.05, 0.1) is 15.4 Å². The van der Waals surface area contributed by atoms with Gasteiger partial charge in [-0.3, -0.25) is 24.8 Å². The number of carboxylic acid groups (broad SMARTS) is 1. The van der Waals surface area contributed by atoms with Crippen LogP contribution in [0.5, 0.6) is 0 Å². The molecule has 0 heterocycles. The third kappa shape index (κ3) is 2.63. The second-order valence-corrected chi connectivity index (χ2v) is 4.46. The van der Waals surface area contributed by atoms with Crippen LogP contribution in [0.15, 0.2) is 17.0 Å². The minimum absolute atomic E-state index is 0.469. The van der Waals surface area contributed by atoms with Crippen molar-refractivity contribution in [2.45, 2.75) is 4.90 Å². The highest BCUT2D eigenvalue weighted by Gasteiger charge is 2.38.